The lowest BCUT2D eigenvalue weighted by Crippen LogP contribution is -2.24. The van der Waals surface area contributed by atoms with E-state index in [-0.39, 0.29) is 23.6 Å². The number of nitrogens with one attached hydrogen (secondary N) is 1. The number of halogens is 1. The smallest absolute Gasteiger partial charge is 0.135 e. The van der Waals surface area contributed by atoms with Crippen molar-refractivity contribution in [2.24, 2.45) is 5.92 Å². The zero-order valence-corrected chi connectivity index (χ0v) is 13.9. The van der Waals surface area contributed by atoms with Gasteiger partial charge in [0.25, 0.3) is 0 Å². The van der Waals surface area contributed by atoms with Crippen molar-refractivity contribution in [3.8, 4) is 5.75 Å². The van der Waals surface area contributed by atoms with Gasteiger partial charge < -0.3 is 4.74 Å². The van der Waals surface area contributed by atoms with Crippen LogP contribution in [0.25, 0.3) is 0 Å². The van der Waals surface area contributed by atoms with Gasteiger partial charge in [-0.05, 0) is 37.3 Å². The van der Waals surface area contributed by atoms with Crippen molar-refractivity contribution in [1.29, 1.82) is 0 Å². The van der Waals surface area contributed by atoms with Crippen molar-refractivity contribution in [3.63, 3.8) is 0 Å². The van der Waals surface area contributed by atoms with E-state index < -0.39 is 0 Å². The number of hydrogen-bond acceptors (Lipinski definition) is 4. The second kappa shape index (κ2) is 9.05. The lowest BCUT2D eigenvalue weighted by molar-refractivity contribution is -0.121. The molecular formula is C16H24FNO2S. The molecule has 0 fully saturated rings. The molecule has 1 N–H and O–H groups in total. The van der Waals surface area contributed by atoms with Gasteiger partial charge in [0.05, 0.1) is 0 Å². The standard InChI is InChI=1S/C16H24FNO2S/c1-11(2)16(19)6-5-13-7-14(17)9-15(8-13)20-12(3)10-18-21-4/h7-9,11-12,18H,5-6,10H2,1-4H3/t12-/m1/s1. The molecule has 118 valence electrons. The summed E-state index contributed by atoms with van der Waals surface area (Å²) in [6, 6.07) is 4.65. The van der Waals surface area contributed by atoms with Crippen molar-refractivity contribution in [2.75, 3.05) is 12.8 Å². The number of carbonyl (C=O) groups is 1. The molecule has 0 amide bonds. The molecule has 0 aliphatic carbocycles. The molecule has 0 heterocycles. The van der Waals surface area contributed by atoms with E-state index in [0.29, 0.717) is 25.1 Å². The summed E-state index contributed by atoms with van der Waals surface area (Å²) in [5, 5.41) is 0. The van der Waals surface area contributed by atoms with Crippen molar-refractivity contribution in [2.45, 2.75) is 39.7 Å². The quantitative estimate of drug-likeness (QED) is 0.707. The number of ether oxygens (including phenoxy) is 1. The first kappa shape index (κ1) is 18.0. The van der Waals surface area contributed by atoms with Gasteiger partial charge in [-0.25, -0.2) is 4.39 Å². The predicted octanol–water partition coefficient (Wildman–Crippen LogP) is 3.62. The van der Waals surface area contributed by atoms with Gasteiger partial charge in [0, 0.05) is 24.9 Å². The topological polar surface area (TPSA) is 38.3 Å². The fraction of sp³-hybridized carbons (Fsp3) is 0.562. The number of rotatable bonds is 9. The summed E-state index contributed by atoms with van der Waals surface area (Å²) in [4.78, 5) is 11.6. The zero-order chi connectivity index (χ0) is 15.8. The Morgan fingerprint density at radius 3 is 2.67 bits per heavy atom. The third-order valence-electron chi connectivity index (χ3n) is 3.09. The lowest BCUT2D eigenvalue weighted by Gasteiger charge is -2.15. The van der Waals surface area contributed by atoms with Crippen LogP contribution < -0.4 is 9.46 Å². The Bertz CT molecular complexity index is 466. The van der Waals surface area contributed by atoms with E-state index >= 15 is 0 Å². The predicted molar refractivity (Wildman–Crippen MR) is 86.2 cm³/mol. The van der Waals surface area contributed by atoms with Crippen LogP contribution in [0.1, 0.15) is 32.8 Å². The maximum Gasteiger partial charge on any atom is 0.135 e. The number of ketones is 1. The number of hydrogen-bond donors (Lipinski definition) is 1. The van der Waals surface area contributed by atoms with Crippen molar-refractivity contribution < 1.29 is 13.9 Å². The van der Waals surface area contributed by atoms with Crippen molar-refractivity contribution in [3.05, 3.63) is 29.6 Å². The highest BCUT2D eigenvalue weighted by atomic mass is 32.2. The van der Waals surface area contributed by atoms with E-state index in [1.807, 2.05) is 33.1 Å². The summed E-state index contributed by atoms with van der Waals surface area (Å²) in [5.74, 6) is 0.396. The van der Waals surface area contributed by atoms with Gasteiger partial charge >= 0.3 is 0 Å². The van der Waals surface area contributed by atoms with Crippen LogP contribution in [0.15, 0.2) is 18.2 Å². The van der Waals surface area contributed by atoms with Crippen LogP contribution >= 0.6 is 11.9 Å². The highest BCUT2D eigenvalue weighted by molar-refractivity contribution is 7.96. The van der Waals surface area contributed by atoms with Crippen molar-refractivity contribution in [1.82, 2.24) is 4.72 Å². The summed E-state index contributed by atoms with van der Waals surface area (Å²) in [6.07, 6.45) is 2.87. The number of carbonyl (C=O) groups excluding carboxylic acids is 1. The largest absolute Gasteiger partial charge is 0.489 e. The Kier molecular flexibility index (Phi) is 7.75. The fourth-order valence-electron chi connectivity index (χ4n) is 1.86. The first-order chi connectivity index (χ1) is 9.92. The molecule has 1 aromatic rings. The molecule has 0 bridgehead atoms. The molecule has 3 nitrogen and oxygen atoms in total. The van der Waals surface area contributed by atoms with E-state index in [1.165, 1.54) is 24.1 Å². The van der Waals surface area contributed by atoms with E-state index in [4.69, 9.17) is 4.74 Å². The van der Waals surface area contributed by atoms with Gasteiger partial charge in [0.2, 0.25) is 0 Å². The Hall–Kier alpha value is -1.07. The van der Waals surface area contributed by atoms with E-state index in [0.717, 1.165) is 5.56 Å². The van der Waals surface area contributed by atoms with Crippen LogP contribution in [-0.4, -0.2) is 24.7 Å². The van der Waals surface area contributed by atoms with Gasteiger partial charge in [0.15, 0.2) is 0 Å². The minimum Gasteiger partial charge on any atom is -0.489 e. The van der Waals surface area contributed by atoms with Crippen LogP contribution in [0.2, 0.25) is 0 Å². The SMILES string of the molecule is CSNC[C@@H](C)Oc1cc(F)cc(CCC(=O)C(C)C)c1. The summed E-state index contributed by atoms with van der Waals surface area (Å²) in [5.41, 5.74) is 0.795. The molecule has 1 atom stereocenters. The molecule has 0 unspecified atom stereocenters. The van der Waals surface area contributed by atoms with Gasteiger partial charge in [0.1, 0.15) is 23.5 Å². The molecule has 21 heavy (non-hydrogen) atoms. The summed E-state index contributed by atoms with van der Waals surface area (Å²) in [7, 11) is 0. The minimum atomic E-state index is -0.329. The summed E-state index contributed by atoms with van der Waals surface area (Å²) in [6.45, 7) is 6.36. The van der Waals surface area contributed by atoms with Crippen LogP contribution in [0, 0.1) is 11.7 Å². The molecule has 0 saturated carbocycles. The summed E-state index contributed by atoms with van der Waals surface area (Å²) >= 11 is 1.52. The van der Waals surface area contributed by atoms with Gasteiger partial charge in [-0.2, -0.15) is 0 Å². The third kappa shape index (κ3) is 6.96. The van der Waals surface area contributed by atoms with Crippen LogP contribution in [0.3, 0.4) is 0 Å². The van der Waals surface area contributed by atoms with Gasteiger partial charge in [-0.15, -0.1) is 0 Å². The van der Waals surface area contributed by atoms with Gasteiger partial charge in [-0.1, -0.05) is 25.8 Å². The molecule has 1 aromatic carbocycles. The first-order valence-electron chi connectivity index (χ1n) is 7.17. The highest BCUT2D eigenvalue weighted by Gasteiger charge is 2.10. The Morgan fingerprint density at radius 2 is 2.05 bits per heavy atom. The second-order valence-corrected chi connectivity index (χ2v) is 6.09. The first-order valence-corrected chi connectivity index (χ1v) is 8.39. The number of Topliss-reactive ketones (excluding diaryl/α,β-unsaturated/α-hetero) is 1. The fourth-order valence-corrected chi connectivity index (χ4v) is 2.27. The van der Waals surface area contributed by atoms with Crippen LogP contribution in [0.5, 0.6) is 5.75 Å². The Morgan fingerprint density at radius 1 is 1.33 bits per heavy atom. The molecule has 5 heteroatoms. The van der Waals surface area contributed by atoms with Gasteiger partial charge in [-0.3, -0.25) is 9.52 Å². The molecule has 1 rings (SSSR count). The maximum atomic E-state index is 13.6. The molecule has 0 spiro atoms. The third-order valence-corrected chi connectivity index (χ3v) is 3.54. The monoisotopic (exact) mass is 313 g/mol. The zero-order valence-electron chi connectivity index (χ0n) is 13.1. The maximum absolute atomic E-state index is 13.6. The average molecular weight is 313 g/mol. The van der Waals surface area contributed by atoms with Crippen molar-refractivity contribution >= 4 is 17.7 Å². The van der Waals surface area contributed by atoms with E-state index in [9.17, 15) is 9.18 Å². The van der Waals surface area contributed by atoms with Crippen LogP contribution in [-0.2, 0) is 11.2 Å². The number of benzene rings is 1. The van der Waals surface area contributed by atoms with E-state index in [2.05, 4.69) is 4.72 Å². The summed E-state index contributed by atoms with van der Waals surface area (Å²) < 4.78 is 22.4. The minimum absolute atomic E-state index is 0.0203. The van der Waals surface area contributed by atoms with E-state index in [1.54, 1.807) is 0 Å². The molecule has 0 aliphatic heterocycles. The molecule has 0 radical (unpaired) electrons. The van der Waals surface area contributed by atoms with Crippen LogP contribution in [0.4, 0.5) is 4.39 Å². The lowest BCUT2D eigenvalue weighted by atomic mass is 10.0. The molecule has 0 aromatic heterocycles. The highest BCUT2D eigenvalue weighted by Crippen LogP contribution is 2.19. The second-order valence-electron chi connectivity index (χ2n) is 5.40. The normalized spacial score (nSPS) is 12.5. The Labute approximate surface area is 130 Å². The average Bonchev–Trinajstić information content (AvgIpc) is 2.41. The molecule has 0 aliphatic rings. The molecular weight excluding hydrogens is 289 g/mol. The Balaban J connectivity index is 2.64. The number of aryl methyl sites for hydroxylation is 1. The molecule has 0 saturated heterocycles.